The Hall–Kier alpha value is -3.22. The number of para-hydroxylation sites is 1. The second-order valence-electron chi connectivity index (χ2n) is 7.19. The molecule has 1 aliphatic rings. The third-order valence-electron chi connectivity index (χ3n) is 4.28. The molecular weight excluding hydrogens is 360 g/mol. The molecule has 2 amide bonds. The molecule has 1 heterocycles. The van der Waals surface area contributed by atoms with Crippen molar-refractivity contribution >= 4 is 11.8 Å². The first-order valence-electron chi connectivity index (χ1n) is 9.00. The van der Waals surface area contributed by atoms with E-state index in [1.165, 1.54) is 0 Å². The molecule has 2 N–H and O–H groups in total. The fraction of sp³-hybridized carbons (Fsp3) is 0.333. The topological polar surface area (TPSA) is 85.9 Å². The Labute approximate surface area is 164 Å². The zero-order valence-corrected chi connectivity index (χ0v) is 16.2. The predicted octanol–water partition coefficient (Wildman–Crippen LogP) is 2.18. The van der Waals surface area contributed by atoms with Crippen LogP contribution in [-0.2, 0) is 22.4 Å². The second kappa shape index (κ2) is 8.21. The third-order valence-corrected chi connectivity index (χ3v) is 4.28. The Bertz CT molecular complexity index is 862. The Morgan fingerprint density at radius 2 is 1.79 bits per heavy atom. The molecule has 0 aliphatic carbocycles. The van der Waals surface area contributed by atoms with Gasteiger partial charge in [0.2, 0.25) is 5.91 Å². The van der Waals surface area contributed by atoms with Gasteiger partial charge in [0.15, 0.2) is 18.1 Å². The minimum absolute atomic E-state index is 0.139. The van der Waals surface area contributed by atoms with Crippen molar-refractivity contribution in [1.82, 2.24) is 10.9 Å². The number of nitrogens with one attached hydrogen (secondary N) is 2. The molecule has 0 spiro atoms. The number of rotatable bonds is 6. The van der Waals surface area contributed by atoms with Gasteiger partial charge in [-0.2, -0.15) is 0 Å². The van der Waals surface area contributed by atoms with Crippen LogP contribution in [-0.4, -0.2) is 31.1 Å². The van der Waals surface area contributed by atoms with Gasteiger partial charge in [0.25, 0.3) is 5.91 Å². The lowest BCUT2D eigenvalue weighted by Crippen LogP contribution is -2.44. The number of methoxy groups -OCH3 is 1. The van der Waals surface area contributed by atoms with Crippen LogP contribution in [0.3, 0.4) is 0 Å². The number of ether oxygens (including phenoxy) is 3. The van der Waals surface area contributed by atoms with Gasteiger partial charge in [-0.05, 0) is 37.6 Å². The number of benzene rings is 2. The molecule has 0 fully saturated rings. The van der Waals surface area contributed by atoms with Gasteiger partial charge in [0.05, 0.1) is 13.5 Å². The van der Waals surface area contributed by atoms with Gasteiger partial charge in [-0.25, -0.2) is 0 Å². The lowest BCUT2D eigenvalue weighted by molar-refractivity contribution is -0.129. The Balaban J connectivity index is 1.45. The highest BCUT2D eigenvalue weighted by Gasteiger charge is 2.32. The van der Waals surface area contributed by atoms with E-state index in [1.54, 1.807) is 37.4 Å². The maximum atomic E-state index is 12.0. The zero-order chi connectivity index (χ0) is 20.1. The van der Waals surface area contributed by atoms with E-state index in [9.17, 15) is 9.59 Å². The standard InChI is InChI=1S/C21H24N2O5/c1-21(2)12-15-5-4-6-17(20(15)28-21)27-13-19(25)23-22-18(24)11-14-7-9-16(26-3)10-8-14/h4-10H,11-13H2,1-3H3,(H,22,24)(H,23,25). The first kappa shape index (κ1) is 19.5. The number of fused-ring (bicyclic) bond motifs is 1. The van der Waals surface area contributed by atoms with E-state index in [4.69, 9.17) is 14.2 Å². The summed E-state index contributed by atoms with van der Waals surface area (Å²) in [6.45, 7) is 3.77. The highest BCUT2D eigenvalue weighted by Crippen LogP contribution is 2.41. The molecule has 2 aromatic rings. The summed E-state index contributed by atoms with van der Waals surface area (Å²) in [6.07, 6.45) is 0.924. The molecular formula is C21H24N2O5. The molecule has 1 aliphatic heterocycles. The van der Waals surface area contributed by atoms with Crippen LogP contribution >= 0.6 is 0 Å². The first-order valence-corrected chi connectivity index (χ1v) is 9.00. The molecule has 2 aromatic carbocycles. The minimum Gasteiger partial charge on any atom is -0.497 e. The van der Waals surface area contributed by atoms with Gasteiger partial charge < -0.3 is 14.2 Å². The summed E-state index contributed by atoms with van der Waals surface area (Å²) in [5.74, 6) is 1.11. The van der Waals surface area contributed by atoms with E-state index in [0.29, 0.717) is 11.5 Å². The van der Waals surface area contributed by atoms with Crippen LogP contribution in [0.25, 0.3) is 0 Å². The predicted molar refractivity (Wildman–Crippen MR) is 103 cm³/mol. The number of amides is 2. The van der Waals surface area contributed by atoms with Crippen LogP contribution in [0.4, 0.5) is 0 Å². The second-order valence-corrected chi connectivity index (χ2v) is 7.19. The van der Waals surface area contributed by atoms with E-state index in [2.05, 4.69) is 10.9 Å². The molecule has 0 radical (unpaired) electrons. The highest BCUT2D eigenvalue weighted by atomic mass is 16.5. The van der Waals surface area contributed by atoms with Crippen molar-refractivity contribution in [3.05, 3.63) is 53.6 Å². The van der Waals surface area contributed by atoms with E-state index < -0.39 is 5.91 Å². The fourth-order valence-electron chi connectivity index (χ4n) is 2.99. The van der Waals surface area contributed by atoms with Crippen molar-refractivity contribution < 1.29 is 23.8 Å². The smallest absolute Gasteiger partial charge is 0.276 e. The van der Waals surface area contributed by atoms with Crippen LogP contribution < -0.4 is 25.1 Å². The number of carbonyl (C=O) groups is 2. The molecule has 0 bridgehead atoms. The Morgan fingerprint density at radius 1 is 1.07 bits per heavy atom. The van der Waals surface area contributed by atoms with Crippen molar-refractivity contribution in [3.63, 3.8) is 0 Å². The monoisotopic (exact) mass is 384 g/mol. The van der Waals surface area contributed by atoms with Gasteiger partial charge in [0.1, 0.15) is 11.4 Å². The highest BCUT2D eigenvalue weighted by molar-refractivity contribution is 5.83. The van der Waals surface area contributed by atoms with Crippen LogP contribution in [0.1, 0.15) is 25.0 Å². The number of hydrazine groups is 1. The maximum absolute atomic E-state index is 12.0. The van der Waals surface area contributed by atoms with Crippen molar-refractivity contribution in [3.8, 4) is 17.2 Å². The molecule has 7 heteroatoms. The summed E-state index contributed by atoms with van der Waals surface area (Å²) in [6, 6.07) is 12.7. The van der Waals surface area contributed by atoms with Gasteiger partial charge in [-0.1, -0.05) is 24.3 Å². The van der Waals surface area contributed by atoms with Crippen molar-refractivity contribution in [2.45, 2.75) is 32.3 Å². The van der Waals surface area contributed by atoms with Crippen LogP contribution in [0.2, 0.25) is 0 Å². The average molecular weight is 384 g/mol. The molecule has 28 heavy (non-hydrogen) atoms. The van der Waals surface area contributed by atoms with E-state index >= 15 is 0 Å². The van der Waals surface area contributed by atoms with Crippen molar-refractivity contribution in [1.29, 1.82) is 0 Å². The number of hydrogen-bond donors (Lipinski definition) is 2. The van der Waals surface area contributed by atoms with Gasteiger partial charge in [0, 0.05) is 12.0 Å². The summed E-state index contributed by atoms with van der Waals surface area (Å²) >= 11 is 0. The number of carbonyl (C=O) groups excluding carboxylic acids is 2. The molecule has 0 aromatic heterocycles. The molecule has 0 saturated heterocycles. The maximum Gasteiger partial charge on any atom is 0.276 e. The molecule has 0 saturated carbocycles. The normalized spacial score (nSPS) is 13.8. The summed E-state index contributed by atoms with van der Waals surface area (Å²) in [4.78, 5) is 23.9. The van der Waals surface area contributed by atoms with Crippen LogP contribution in [0, 0.1) is 0 Å². The fourth-order valence-corrected chi connectivity index (χ4v) is 2.99. The van der Waals surface area contributed by atoms with E-state index in [0.717, 1.165) is 23.3 Å². The summed E-state index contributed by atoms with van der Waals surface area (Å²) in [5.41, 5.74) is 6.30. The lowest BCUT2D eigenvalue weighted by Gasteiger charge is -2.18. The molecule has 148 valence electrons. The van der Waals surface area contributed by atoms with Crippen LogP contribution in [0.15, 0.2) is 42.5 Å². The summed E-state index contributed by atoms with van der Waals surface area (Å²) < 4.78 is 16.6. The largest absolute Gasteiger partial charge is 0.497 e. The quantitative estimate of drug-likeness (QED) is 0.746. The van der Waals surface area contributed by atoms with Gasteiger partial charge >= 0.3 is 0 Å². The van der Waals surface area contributed by atoms with E-state index in [1.807, 2.05) is 26.0 Å². The van der Waals surface area contributed by atoms with Gasteiger partial charge in [-0.3, -0.25) is 20.4 Å². The Kier molecular flexibility index (Phi) is 5.73. The molecule has 0 unspecified atom stereocenters. The van der Waals surface area contributed by atoms with Gasteiger partial charge in [-0.15, -0.1) is 0 Å². The third kappa shape index (κ3) is 4.94. The average Bonchev–Trinajstić information content (AvgIpc) is 2.99. The van der Waals surface area contributed by atoms with Crippen molar-refractivity contribution in [2.24, 2.45) is 0 Å². The van der Waals surface area contributed by atoms with Crippen LogP contribution in [0.5, 0.6) is 17.2 Å². The number of hydrogen-bond acceptors (Lipinski definition) is 5. The summed E-state index contributed by atoms with van der Waals surface area (Å²) in [5, 5.41) is 0. The van der Waals surface area contributed by atoms with Crippen molar-refractivity contribution in [2.75, 3.05) is 13.7 Å². The zero-order valence-electron chi connectivity index (χ0n) is 16.2. The SMILES string of the molecule is COc1ccc(CC(=O)NNC(=O)COc2cccc3c2OC(C)(C)C3)cc1. The molecule has 3 rings (SSSR count). The lowest BCUT2D eigenvalue weighted by atomic mass is 10.0. The molecule has 7 nitrogen and oxygen atoms in total. The first-order chi connectivity index (χ1) is 13.4. The minimum atomic E-state index is -0.460. The Morgan fingerprint density at radius 3 is 2.50 bits per heavy atom. The molecule has 0 atom stereocenters. The van der Waals surface area contributed by atoms with E-state index in [-0.39, 0.29) is 24.5 Å². The summed E-state index contributed by atoms with van der Waals surface area (Å²) in [7, 11) is 1.58.